The van der Waals surface area contributed by atoms with E-state index in [1.165, 1.54) is 43.5 Å². The van der Waals surface area contributed by atoms with Crippen LogP contribution in [0.25, 0.3) is 0 Å². The van der Waals surface area contributed by atoms with Gasteiger partial charge in [0.05, 0.1) is 5.00 Å². The Morgan fingerprint density at radius 1 is 1.21 bits per heavy atom. The lowest BCUT2D eigenvalue weighted by atomic mass is 9.83. The Kier molecular flexibility index (Phi) is 6.41. The van der Waals surface area contributed by atoms with Crippen molar-refractivity contribution in [2.45, 2.75) is 51.5 Å². The minimum Gasteiger partial charge on any atom is -0.363 e. The van der Waals surface area contributed by atoms with Crippen LogP contribution in [-0.2, 0) is 0 Å². The Hall–Kier alpha value is -1.23. The zero-order chi connectivity index (χ0) is 16.8. The van der Waals surface area contributed by atoms with Crippen LogP contribution < -0.4 is 15.5 Å². The molecule has 1 aromatic heterocycles. The largest absolute Gasteiger partial charge is 0.363 e. The van der Waals surface area contributed by atoms with Gasteiger partial charge in [0.1, 0.15) is 0 Å². The number of nitrogens with zero attached hydrogens (tertiary/aromatic N) is 2. The third kappa shape index (κ3) is 4.88. The minimum atomic E-state index is 0.541. The van der Waals surface area contributed by atoms with Gasteiger partial charge in [-0.05, 0) is 55.0 Å². The molecule has 0 bridgehead atoms. The summed E-state index contributed by atoms with van der Waals surface area (Å²) >= 11 is 1.84. The summed E-state index contributed by atoms with van der Waals surface area (Å²) in [4.78, 5) is 6.94. The summed E-state index contributed by atoms with van der Waals surface area (Å²) in [6.07, 6.45) is 7.87. The number of anilines is 1. The maximum Gasteiger partial charge on any atom is 0.191 e. The lowest BCUT2D eigenvalue weighted by Crippen LogP contribution is -2.49. The molecule has 0 amide bonds. The van der Waals surface area contributed by atoms with Crippen LogP contribution in [0, 0.1) is 11.8 Å². The van der Waals surface area contributed by atoms with Gasteiger partial charge in [-0.2, -0.15) is 0 Å². The molecule has 2 heterocycles. The van der Waals surface area contributed by atoms with Gasteiger partial charge in [0.25, 0.3) is 0 Å². The van der Waals surface area contributed by atoms with Crippen molar-refractivity contribution in [3.05, 3.63) is 17.5 Å². The van der Waals surface area contributed by atoms with E-state index in [-0.39, 0.29) is 0 Å². The molecule has 0 unspecified atom stereocenters. The molecular formula is C19H32N4S. The molecule has 24 heavy (non-hydrogen) atoms. The lowest BCUT2D eigenvalue weighted by Gasteiger charge is -2.34. The van der Waals surface area contributed by atoms with E-state index in [9.17, 15) is 0 Å². The smallest absolute Gasteiger partial charge is 0.191 e. The van der Waals surface area contributed by atoms with E-state index >= 15 is 0 Å². The summed E-state index contributed by atoms with van der Waals surface area (Å²) in [6, 6.07) is 4.91. The third-order valence-corrected chi connectivity index (χ3v) is 6.50. The number of piperidine rings is 1. The maximum absolute atomic E-state index is 4.43. The molecule has 1 saturated heterocycles. The fourth-order valence-corrected chi connectivity index (χ4v) is 4.64. The fourth-order valence-electron chi connectivity index (χ4n) is 3.86. The second kappa shape index (κ2) is 8.75. The summed E-state index contributed by atoms with van der Waals surface area (Å²) in [6.45, 7) is 5.72. The van der Waals surface area contributed by atoms with E-state index in [4.69, 9.17) is 0 Å². The first kappa shape index (κ1) is 17.6. The predicted octanol–water partition coefficient (Wildman–Crippen LogP) is 3.71. The second-order valence-electron chi connectivity index (χ2n) is 7.44. The second-order valence-corrected chi connectivity index (χ2v) is 8.36. The van der Waals surface area contributed by atoms with E-state index in [1.807, 2.05) is 18.4 Å². The molecular weight excluding hydrogens is 316 g/mol. The van der Waals surface area contributed by atoms with Crippen molar-refractivity contribution in [3.63, 3.8) is 0 Å². The molecule has 0 spiro atoms. The molecule has 1 aromatic rings. The number of thiophene rings is 1. The van der Waals surface area contributed by atoms with Crippen LogP contribution in [0.3, 0.4) is 0 Å². The topological polar surface area (TPSA) is 39.7 Å². The van der Waals surface area contributed by atoms with Crippen LogP contribution in [-0.4, -0.2) is 38.7 Å². The van der Waals surface area contributed by atoms with E-state index in [1.54, 1.807) is 0 Å². The molecule has 3 rings (SSSR count). The van der Waals surface area contributed by atoms with Crippen molar-refractivity contribution < 1.29 is 0 Å². The molecule has 1 aliphatic heterocycles. The highest BCUT2D eigenvalue weighted by Crippen LogP contribution is 2.27. The molecule has 134 valence electrons. The van der Waals surface area contributed by atoms with Crippen molar-refractivity contribution in [1.82, 2.24) is 10.6 Å². The number of hydrogen-bond acceptors (Lipinski definition) is 3. The van der Waals surface area contributed by atoms with Crippen molar-refractivity contribution in [2.24, 2.45) is 16.8 Å². The Morgan fingerprint density at radius 2 is 1.96 bits per heavy atom. The Labute approximate surface area is 150 Å². The van der Waals surface area contributed by atoms with Crippen LogP contribution >= 0.6 is 11.3 Å². The van der Waals surface area contributed by atoms with Gasteiger partial charge in [0, 0.05) is 32.7 Å². The zero-order valence-electron chi connectivity index (χ0n) is 15.1. The molecule has 5 heteroatoms. The summed E-state index contributed by atoms with van der Waals surface area (Å²) < 4.78 is 0. The molecule has 4 nitrogen and oxygen atoms in total. The van der Waals surface area contributed by atoms with E-state index in [0.717, 1.165) is 37.4 Å². The predicted molar refractivity (Wildman–Crippen MR) is 105 cm³/mol. The molecule has 0 radical (unpaired) electrons. The summed E-state index contributed by atoms with van der Waals surface area (Å²) in [5, 5.41) is 10.8. The first-order valence-electron chi connectivity index (χ1n) is 9.50. The Bertz CT molecular complexity index is 497. The van der Waals surface area contributed by atoms with Crippen molar-refractivity contribution in [2.75, 3.05) is 31.6 Å². The number of aliphatic imine (C=N–C) groups is 1. The van der Waals surface area contributed by atoms with Gasteiger partial charge >= 0.3 is 0 Å². The van der Waals surface area contributed by atoms with Crippen LogP contribution in [0.2, 0.25) is 0 Å². The van der Waals surface area contributed by atoms with Gasteiger partial charge in [-0.1, -0.05) is 19.8 Å². The van der Waals surface area contributed by atoms with Crippen LogP contribution in [0.4, 0.5) is 5.00 Å². The summed E-state index contributed by atoms with van der Waals surface area (Å²) in [5.41, 5.74) is 0. The highest BCUT2D eigenvalue weighted by Gasteiger charge is 2.22. The van der Waals surface area contributed by atoms with Crippen molar-refractivity contribution in [1.29, 1.82) is 0 Å². The molecule has 0 atom stereocenters. The van der Waals surface area contributed by atoms with Gasteiger partial charge in [0.15, 0.2) is 5.96 Å². The summed E-state index contributed by atoms with van der Waals surface area (Å²) in [7, 11) is 1.89. The van der Waals surface area contributed by atoms with Crippen LogP contribution in [0.15, 0.2) is 22.5 Å². The van der Waals surface area contributed by atoms with Gasteiger partial charge < -0.3 is 15.5 Å². The fraction of sp³-hybridized carbons (Fsp3) is 0.737. The van der Waals surface area contributed by atoms with Gasteiger partial charge in [-0.15, -0.1) is 11.3 Å². The molecule has 2 N–H and O–H groups in total. The van der Waals surface area contributed by atoms with Crippen molar-refractivity contribution in [3.8, 4) is 0 Å². The van der Waals surface area contributed by atoms with E-state index < -0.39 is 0 Å². The molecule has 1 aliphatic carbocycles. The molecule has 2 fully saturated rings. The maximum atomic E-state index is 4.43. The highest BCUT2D eigenvalue weighted by molar-refractivity contribution is 7.14. The standard InChI is InChI=1S/C19H32N4S/c1-15-5-7-16(8-6-15)14-21-19(20-2)22-17-9-11-23(12-10-17)18-4-3-13-24-18/h3-4,13,15-17H,5-12,14H2,1-2H3,(H2,20,21,22). The SMILES string of the molecule is CN=C(NCC1CCC(C)CC1)NC1CCN(c2cccs2)CC1. The Balaban J connectivity index is 1.38. The third-order valence-electron chi connectivity index (χ3n) is 5.57. The first-order chi connectivity index (χ1) is 11.7. The quantitative estimate of drug-likeness (QED) is 0.644. The van der Waals surface area contributed by atoms with Crippen molar-refractivity contribution >= 4 is 22.3 Å². The first-order valence-corrected chi connectivity index (χ1v) is 10.4. The van der Waals surface area contributed by atoms with Crippen LogP contribution in [0.5, 0.6) is 0 Å². The van der Waals surface area contributed by atoms with Gasteiger partial charge in [0.2, 0.25) is 0 Å². The molecule has 1 saturated carbocycles. The van der Waals surface area contributed by atoms with E-state index in [0.29, 0.717) is 6.04 Å². The average Bonchev–Trinajstić information content (AvgIpc) is 3.15. The van der Waals surface area contributed by atoms with Gasteiger partial charge in [-0.3, -0.25) is 4.99 Å². The van der Waals surface area contributed by atoms with Crippen LogP contribution in [0.1, 0.15) is 45.4 Å². The number of hydrogen-bond donors (Lipinski definition) is 2. The summed E-state index contributed by atoms with van der Waals surface area (Å²) in [5.74, 6) is 2.73. The number of guanidine groups is 1. The minimum absolute atomic E-state index is 0.541. The number of nitrogens with one attached hydrogen (secondary N) is 2. The normalized spacial score (nSPS) is 26.4. The Morgan fingerprint density at radius 3 is 2.58 bits per heavy atom. The monoisotopic (exact) mass is 348 g/mol. The lowest BCUT2D eigenvalue weighted by molar-refractivity contribution is 0.289. The number of rotatable bonds is 4. The molecule has 0 aromatic carbocycles. The van der Waals surface area contributed by atoms with Gasteiger partial charge in [-0.25, -0.2) is 0 Å². The van der Waals surface area contributed by atoms with E-state index in [2.05, 4.69) is 45.0 Å². The highest BCUT2D eigenvalue weighted by atomic mass is 32.1. The zero-order valence-corrected chi connectivity index (χ0v) is 15.9. The molecule has 2 aliphatic rings. The average molecular weight is 349 g/mol.